The van der Waals surface area contributed by atoms with Crippen molar-refractivity contribution in [1.82, 2.24) is 4.90 Å². The maximum absolute atomic E-state index is 12.5. The van der Waals surface area contributed by atoms with E-state index in [9.17, 15) is 4.79 Å². The molecule has 1 amide bonds. The van der Waals surface area contributed by atoms with E-state index in [1.54, 1.807) is 0 Å². The van der Waals surface area contributed by atoms with Crippen molar-refractivity contribution >= 4 is 16.7 Å². The van der Waals surface area contributed by atoms with E-state index in [2.05, 4.69) is 30.3 Å². The minimum Gasteiger partial charge on any atom is -0.343 e. The highest BCUT2D eigenvalue weighted by Crippen LogP contribution is 2.18. The van der Waals surface area contributed by atoms with Crippen LogP contribution in [0, 0.1) is 5.92 Å². The van der Waals surface area contributed by atoms with Gasteiger partial charge in [0.2, 0.25) is 5.91 Å². The molecule has 3 heteroatoms. The van der Waals surface area contributed by atoms with Crippen molar-refractivity contribution in [2.24, 2.45) is 11.7 Å². The van der Waals surface area contributed by atoms with Crippen molar-refractivity contribution in [2.75, 3.05) is 19.6 Å². The second kappa shape index (κ2) is 7.23. The molecule has 0 spiro atoms. The van der Waals surface area contributed by atoms with Gasteiger partial charge in [0.05, 0.1) is 5.92 Å². The maximum atomic E-state index is 12.5. The van der Waals surface area contributed by atoms with Crippen LogP contribution in [0.1, 0.15) is 19.4 Å². The lowest BCUT2D eigenvalue weighted by atomic mass is 9.96. The van der Waals surface area contributed by atoms with E-state index in [0.29, 0.717) is 13.0 Å². The summed E-state index contributed by atoms with van der Waals surface area (Å²) in [5, 5.41) is 2.43. The first kappa shape index (κ1) is 15.5. The summed E-state index contributed by atoms with van der Waals surface area (Å²) >= 11 is 0. The SMILES string of the molecule is CCN(CC)C(=O)C(CN)Cc1ccc2ccccc2c1. The number of carbonyl (C=O) groups excluding carboxylic acids is 1. The van der Waals surface area contributed by atoms with Crippen LogP contribution in [0.4, 0.5) is 0 Å². The number of hydrogen-bond acceptors (Lipinski definition) is 2. The topological polar surface area (TPSA) is 46.3 Å². The molecule has 0 aliphatic carbocycles. The van der Waals surface area contributed by atoms with E-state index < -0.39 is 0 Å². The molecule has 112 valence electrons. The number of amides is 1. The number of benzene rings is 2. The molecule has 2 rings (SSSR count). The van der Waals surface area contributed by atoms with Crippen LogP contribution in [0.25, 0.3) is 10.8 Å². The van der Waals surface area contributed by atoms with Crippen LogP contribution in [0.15, 0.2) is 42.5 Å². The van der Waals surface area contributed by atoms with Gasteiger partial charge in [-0.05, 0) is 36.6 Å². The molecule has 3 nitrogen and oxygen atoms in total. The Morgan fingerprint density at radius 2 is 1.76 bits per heavy atom. The van der Waals surface area contributed by atoms with Crippen molar-refractivity contribution in [1.29, 1.82) is 0 Å². The van der Waals surface area contributed by atoms with Crippen LogP contribution >= 0.6 is 0 Å². The molecule has 0 aliphatic rings. The second-order valence-electron chi connectivity index (χ2n) is 5.33. The summed E-state index contributed by atoms with van der Waals surface area (Å²) in [4.78, 5) is 14.3. The second-order valence-corrected chi connectivity index (χ2v) is 5.33. The van der Waals surface area contributed by atoms with Crippen LogP contribution in [0.3, 0.4) is 0 Å². The van der Waals surface area contributed by atoms with Gasteiger partial charge in [-0.1, -0.05) is 42.5 Å². The van der Waals surface area contributed by atoms with E-state index in [4.69, 9.17) is 5.73 Å². The Bertz CT molecular complexity index is 605. The number of rotatable bonds is 6. The summed E-state index contributed by atoms with van der Waals surface area (Å²) in [6, 6.07) is 14.6. The molecule has 0 radical (unpaired) electrons. The largest absolute Gasteiger partial charge is 0.343 e. The number of carbonyl (C=O) groups is 1. The predicted octanol–water partition coefficient (Wildman–Crippen LogP) is 2.83. The van der Waals surface area contributed by atoms with Gasteiger partial charge in [-0.2, -0.15) is 0 Å². The molecule has 0 fully saturated rings. The third-order valence-electron chi connectivity index (χ3n) is 4.00. The molecule has 21 heavy (non-hydrogen) atoms. The number of hydrogen-bond donors (Lipinski definition) is 1. The molecule has 0 saturated heterocycles. The van der Waals surface area contributed by atoms with E-state index >= 15 is 0 Å². The quantitative estimate of drug-likeness (QED) is 0.886. The van der Waals surface area contributed by atoms with Crippen LogP contribution in [0.2, 0.25) is 0 Å². The van der Waals surface area contributed by atoms with E-state index in [1.165, 1.54) is 16.3 Å². The van der Waals surface area contributed by atoms with Crippen molar-refractivity contribution in [2.45, 2.75) is 20.3 Å². The molecule has 0 aliphatic heterocycles. The molecule has 2 N–H and O–H groups in total. The fourth-order valence-electron chi connectivity index (χ4n) is 2.72. The van der Waals surface area contributed by atoms with E-state index in [0.717, 1.165) is 13.1 Å². The molecule has 1 atom stereocenters. The molecule has 0 heterocycles. The van der Waals surface area contributed by atoms with Crippen LogP contribution in [0.5, 0.6) is 0 Å². The molecule has 0 saturated carbocycles. The minimum atomic E-state index is -0.133. The fourth-order valence-corrected chi connectivity index (χ4v) is 2.72. The van der Waals surface area contributed by atoms with Gasteiger partial charge < -0.3 is 10.6 Å². The van der Waals surface area contributed by atoms with Crippen molar-refractivity contribution < 1.29 is 4.79 Å². The standard InChI is InChI=1S/C18H24N2O/c1-3-20(4-2)18(21)17(13-19)12-14-9-10-15-7-5-6-8-16(15)11-14/h5-11,17H,3-4,12-13,19H2,1-2H3. The number of fused-ring (bicyclic) bond motifs is 1. The molecule has 2 aromatic rings. The van der Waals surface area contributed by atoms with Gasteiger partial charge in [0.1, 0.15) is 0 Å². The maximum Gasteiger partial charge on any atom is 0.227 e. The summed E-state index contributed by atoms with van der Waals surface area (Å²) in [5.41, 5.74) is 7.00. The summed E-state index contributed by atoms with van der Waals surface area (Å²) in [6.45, 7) is 5.88. The van der Waals surface area contributed by atoms with Gasteiger partial charge in [0.15, 0.2) is 0 Å². The van der Waals surface area contributed by atoms with Gasteiger partial charge in [-0.15, -0.1) is 0 Å². The van der Waals surface area contributed by atoms with Crippen molar-refractivity contribution in [3.63, 3.8) is 0 Å². The van der Waals surface area contributed by atoms with Gasteiger partial charge in [0.25, 0.3) is 0 Å². The third kappa shape index (κ3) is 3.61. The smallest absolute Gasteiger partial charge is 0.227 e. The van der Waals surface area contributed by atoms with E-state index in [1.807, 2.05) is 30.9 Å². The zero-order valence-electron chi connectivity index (χ0n) is 12.9. The first-order valence-electron chi connectivity index (χ1n) is 7.66. The van der Waals surface area contributed by atoms with Crippen molar-refractivity contribution in [3.8, 4) is 0 Å². The van der Waals surface area contributed by atoms with Crippen LogP contribution in [-0.2, 0) is 11.2 Å². The molecular formula is C18H24N2O. The zero-order valence-corrected chi connectivity index (χ0v) is 12.9. The lowest BCUT2D eigenvalue weighted by Crippen LogP contribution is -2.39. The predicted molar refractivity (Wildman–Crippen MR) is 88.1 cm³/mol. The Labute approximate surface area is 126 Å². The summed E-state index contributed by atoms with van der Waals surface area (Å²) in [5.74, 6) is 0.0294. The third-order valence-corrected chi connectivity index (χ3v) is 4.00. The summed E-state index contributed by atoms with van der Waals surface area (Å²) in [6.07, 6.45) is 0.705. The monoisotopic (exact) mass is 284 g/mol. The Kier molecular flexibility index (Phi) is 5.34. The summed E-state index contributed by atoms with van der Waals surface area (Å²) < 4.78 is 0. The summed E-state index contributed by atoms with van der Waals surface area (Å²) in [7, 11) is 0. The molecule has 0 aromatic heterocycles. The van der Waals surface area contributed by atoms with Gasteiger partial charge >= 0.3 is 0 Å². The highest BCUT2D eigenvalue weighted by Gasteiger charge is 2.21. The first-order valence-corrected chi connectivity index (χ1v) is 7.66. The minimum absolute atomic E-state index is 0.133. The van der Waals surface area contributed by atoms with Crippen molar-refractivity contribution in [3.05, 3.63) is 48.0 Å². The van der Waals surface area contributed by atoms with Gasteiger partial charge in [0, 0.05) is 19.6 Å². The lowest BCUT2D eigenvalue weighted by molar-refractivity contribution is -0.134. The molecule has 2 aromatic carbocycles. The van der Waals surface area contributed by atoms with Gasteiger partial charge in [-0.25, -0.2) is 0 Å². The van der Waals surface area contributed by atoms with Crippen LogP contribution < -0.4 is 5.73 Å². The molecular weight excluding hydrogens is 260 g/mol. The molecule has 1 unspecified atom stereocenters. The Balaban J connectivity index is 2.18. The van der Waals surface area contributed by atoms with E-state index in [-0.39, 0.29) is 11.8 Å². The fraction of sp³-hybridized carbons (Fsp3) is 0.389. The first-order chi connectivity index (χ1) is 10.2. The Morgan fingerprint density at radius 1 is 1.10 bits per heavy atom. The normalized spacial score (nSPS) is 12.3. The average molecular weight is 284 g/mol. The number of nitrogens with zero attached hydrogens (tertiary/aromatic N) is 1. The lowest BCUT2D eigenvalue weighted by Gasteiger charge is -2.24. The Morgan fingerprint density at radius 3 is 2.38 bits per heavy atom. The highest BCUT2D eigenvalue weighted by atomic mass is 16.2. The van der Waals surface area contributed by atoms with Gasteiger partial charge in [-0.3, -0.25) is 4.79 Å². The Hall–Kier alpha value is -1.87. The van der Waals surface area contributed by atoms with Crippen LogP contribution in [-0.4, -0.2) is 30.4 Å². The zero-order chi connectivity index (χ0) is 15.2. The number of nitrogens with two attached hydrogens (primary N) is 1. The highest BCUT2D eigenvalue weighted by molar-refractivity contribution is 5.83. The average Bonchev–Trinajstić information content (AvgIpc) is 2.53. The molecule has 0 bridgehead atoms.